The number of hydrogen-bond acceptors (Lipinski definition) is 3. The highest BCUT2D eigenvalue weighted by molar-refractivity contribution is 5.48. The first-order valence-corrected chi connectivity index (χ1v) is 5.32. The minimum absolute atomic E-state index is 0.656. The average Bonchev–Trinajstić information content (AvgIpc) is 2.27. The van der Waals surface area contributed by atoms with E-state index >= 15 is 0 Å². The molecule has 0 radical (unpaired) electrons. The largest absolute Gasteiger partial charge is 0.378 e. The van der Waals surface area contributed by atoms with Gasteiger partial charge in [0.1, 0.15) is 5.82 Å². The molecule has 0 saturated carbocycles. The number of rotatable bonds is 3. The lowest BCUT2D eigenvalue weighted by Gasteiger charge is -2.07. The molecule has 0 saturated heterocycles. The van der Waals surface area contributed by atoms with Gasteiger partial charge >= 0.3 is 0 Å². The summed E-state index contributed by atoms with van der Waals surface area (Å²) in [6, 6.07) is 8.22. The second kappa shape index (κ2) is 4.75. The minimum atomic E-state index is 0.656. The van der Waals surface area contributed by atoms with Crippen molar-refractivity contribution in [2.24, 2.45) is 0 Å². The molecule has 3 heteroatoms. The van der Waals surface area contributed by atoms with Gasteiger partial charge in [-0.15, -0.1) is 0 Å². The summed E-state index contributed by atoms with van der Waals surface area (Å²) in [4.78, 5) is 8.33. The van der Waals surface area contributed by atoms with Crippen molar-refractivity contribution in [1.29, 1.82) is 0 Å². The van der Waals surface area contributed by atoms with E-state index in [0.717, 1.165) is 11.5 Å². The fourth-order valence-electron chi connectivity index (χ4n) is 1.68. The molecule has 2 aromatic rings. The summed E-state index contributed by atoms with van der Waals surface area (Å²) < 4.78 is 0. The number of hydrogen-bond donors (Lipinski definition) is 1. The highest BCUT2D eigenvalue weighted by Gasteiger charge is 1.97. The standard InChI is InChI=1S/C13H15N3/c1-10-6-11(2)8-12(7-10)16-9-13-14-4-3-5-15-13/h3-8,16H,9H2,1-2H3. The molecule has 1 heterocycles. The maximum absolute atomic E-state index is 4.17. The van der Waals surface area contributed by atoms with E-state index in [1.54, 1.807) is 12.4 Å². The SMILES string of the molecule is Cc1cc(C)cc(NCc2ncccn2)c1. The Balaban J connectivity index is 2.05. The van der Waals surface area contributed by atoms with Gasteiger partial charge in [-0.05, 0) is 43.2 Å². The summed E-state index contributed by atoms with van der Waals surface area (Å²) in [6.07, 6.45) is 3.51. The molecule has 0 amide bonds. The Kier molecular flexibility index (Phi) is 3.15. The van der Waals surface area contributed by atoms with E-state index in [1.807, 2.05) is 6.07 Å². The van der Waals surface area contributed by atoms with E-state index in [2.05, 4.69) is 47.3 Å². The monoisotopic (exact) mass is 213 g/mol. The van der Waals surface area contributed by atoms with Crippen LogP contribution in [0.1, 0.15) is 17.0 Å². The van der Waals surface area contributed by atoms with Crippen molar-refractivity contribution in [1.82, 2.24) is 9.97 Å². The molecule has 0 spiro atoms. The Labute approximate surface area is 95.6 Å². The number of nitrogens with zero attached hydrogens (tertiary/aromatic N) is 2. The van der Waals surface area contributed by atoms with Crippen LogP contribution in [0.25, 0.3) is 0 Å². The van der Waals surface area contributed by atoms with E-state index in [4.69, 9.17) is 0 Å². The van der Waals surface area contributed by atoms with Gasteiger partial charge in [0.25, 0.3) is 0 Å². The second-order valence-corrected chi connectivity index (χ2v) is 3.89. The van der Waals surface area contributed by atoms with Gasteiger partial charge in [0.05, 0.1) is 6.54 Å². The van der Waals surface area contributed by atoms with Crippen molar-refractivity contribution >= 4 is 5.69 Å². The molecule has 0 aliphatic carbocycles. The first kappa shape index (κ1) is 10.6. The van der Waals surface area contributed by atoms with Crippen molar-refractivity contribution in [3.8, 4) is 0 Å². The first-order chi connectivity index (χ1) is 7.74. The van der Waals surface area contributed by atoms with Gasteiger partial charge in [-0.2, -0.15) is 0 Å². The van der Waals surface area contributed by atoms with E-state index in [-0.39, 0.29) is 0 Å². The van der Waals surface area contributed by atoms with Gasteiger partial charge in [-0.1, -0.05) is 6.07 Å². The predicted octanol–water partition coefficient (Wildman–Crippen LogP) is 2.71. The maximum Gasteiger partial charge on any atom is 0.147 e. The third-order valence-electron chi connectivity index (χ3n) is 2.29. The van der Waals surface area contributed by atoms with E-state index in [9.17, 15) is 0 Å². The third-order valence-corrected chi connectivity index (χ3v) is 2.29. The molecule has 2 rings (SSSR count). The van der Waals surface area contributed by atoms with Crippen LogP contribution < -0.4 is 5.32 Å². The summed E-state index contributed by atoms with van der Waals surface area (Å²) in [5.74, 6) is 0.807. The van der Waals surface area contributed by atoms with Gasteiger partial charge in [-0.25, -0.2) is 9.97 Å². The summed E-state index contributed by atoms with van der Waals surface area (Å²) in [7, 11) is 0. The van der Waals surface area contributed by atoms with Gasteiger partial charge in [0.2, 0.25) is 0 Å². The molecule has 1 aromatic carbocycles. The van der Waals surface area contributed by atoms with Crippen LogP contribution in [0, 0.1) is 13.8 Å². The van der Waals surface area contributed by atoms with Gasteiger partial charge in [-0.3, -0.25) is 0 Å². The second-order valence-electron chi connectivity index (χ2n) is 3.89. The van der Waals surface area contributed by atoms with Crippen LogP contribution in [0.5, 0.6) is 0 Å². The summed E-state index contributed by atoms with van der Waals surface area (Å²) in [5, 5.41) is 3.32. The Morgan fingerprint density at radius 1 is 1.00 bits per heavy atom. The van der Waals surface area contributed by atoms with Crippen LogP contribution in [-0.2, 0) is 6.54 Å². The van der Waals surface area contributed by atoms with Crippen LogP contribution in [0.4, 0.5) is 5.69 Å². The topological polar surface area (TPSA) is 37.8 Å². The van der Waals surface area contributed by atoms with E-state index in [0.29, 0.717) is 6.54 Å². The van der Waals surface area contributed by atoms with Gasteiger partial charge in [0.15, 0.2) is 0 Å². The number of benzene rings is 1. The predicted molar refractivity (Wildman–Crippen MR) is 65.3 cm³/mol. The first-order valence-electron chi connectivity index (χ1n) is 5.32. The summed E-state index contributed by atoms with van der Waals surface area (Å²) in [5.41, 5.74) is 3.64. The summed E-state index contributed by atoms with van der Waals surface area (Å²) in [6.45, 7) is 4.85. The van der Waals surface area contributed by atoms with Crippen LogP contribution in [-0.4, -0.2) is 9.97 Å². The molecule has 0 fully saturated rings. The Hall–Kier alpha value is -1.90. The molecular formula is C13H15N3. The lowest BCUT2D eigenvalue weighted by molar-refractivity contribution is 0.948. The van der Waals surface area contributed by atoms with Crippen LogP contribution in [0.15, 0.2) is 36.7 Å². The number of aryl methyl sites for hydroxylation is 2. The lowest BCUT2D eigenvalue weighted by atomic mass is 10.1. The molecule has 16 heavy (non-hydrogen) atoms. The molecule has 3 nitrogen and oxygen atoms in total. The molecule has 82 valence electrons. The number of nitrogens with one attached hydrogen (secondary N) is 1. The Morgan fingerprint density at radius 3 is 2.25 bits per heavy atom. The van der Waals surface area contributed by atoms with Gasteiger partial charge < -0.3 is 5.32 Å². The van der Waals surface area contributed by atoms with Crippen molar-refractivity contribution in [2.45, 2.75) is 20.4 Å². The highest BCUT2D eigenvalue weighted by Crippen LogP contribution is 2.14. The number of anilines is 1. The van der Waals surface area contributed by atoms with Crippen LogP contribution in [0.3, 0.4) is 0 Å². The van der Waals surface area contributed by atoms with Crippen LogP contribution in [0.2, 0.25) is 0 Å². The normalized spacial score (nSPS) is 10.1. The smallest absolute Gasteiger partial charge is 0.147 e. The quantitative estimate of drug-likeness (QED) is 0.851. The Bertz CT molecular complexity index is 446. The zero-order valence-corrected chi connectivity index (χ0v) is 9.57. The zero-order chi connectivity index (χ0) is 11.4. The molecular weight excluding hydrogens is 198 g/mol. The molecule has 0 atom stereocenters. The van der Waals surface area contributed by atoms with Crippen LogP contribution >= 0.6 is 0 Å². The molecule has 0 aliphatic heterocycles. The van der Waals surface area contributed by atoms with E-state index < -0.39 is 0 Å². The summed E-state index contributed by atoms with van der Waals surface area (Å²) >= 11 is 0. The molecule has 1 N–H and O–H groups in total. The van der Waals surface area contributed by atoms with Crippen molar-refractivity contribution in [2.75, 3.05) is 5.32 Å². The Morgan fingerprint density at radius 2 is 1.62 bits per heavy atom. The zero-order valence-electron chi connectivity index (χ0n) is 9.57. The fraction of sp³-hybridized carbons (Fsp3) is 0.231. The fourth-order valence-corrected chi connectivity index (χ4v) is 1.68. The molecule has 0 bridgehead atoms. The lowest BCUT2D eigenvalue weighted by Crippen LogP contribution is -2.03. The maximum atomic E-state index is 4.17. The van der Waals surface area contributed by atoms with Crippen molar-refractivity contribution in [3.05, 3.63) is 53.6 Å². The molecule has 0 unspecified atom stereocenters. The number of aromatic nitrogens is 2. The average molecular weight is 213 g/mol. The van der Waals surface area contributed by atoms with Crippen molar-refractivity contribution in [3.63, 3.8) is 0 Å². The van der Waals surface area contributed by atoms with Gasteiger partial charge in [0, 0.05) is 18.1 Å². The van der Waals surface area contributed by atoms with E-state index in [1.165, 1.54) is 11.1 Å². The van der Waals surface area contributed by atoms with Crippen molar-refractivity contribution < 1.29 is 0 Å². The minimum Gasteiger partial charge on any atom is -0.378 e. The molecule has 1 aromatic heterocycles. The highest BCUT2D eigenvalue weighted by atomic mass is 15.0. The molecule has 0 aliphatic rings. The third kappa shape index (κ3) is 2.79.